The van der Waals surface area contributed by atoms with Crippen LogP contribution in [0.4, 0.5) is 5.69 Å². The molecule has 2 aromatic rings. The first-order valence-corrected chi connectivity index (χ1v) is 9.02. The van der Waals surface area contributed by atoms with E-state index in [0.717, 1.165) is 5.56 Å². The molecule has 2 rings (SSSR count). The van der Waals surface area contributed by atoms with E-state index in [1.165, 1.54) is 31.0 Å². The summed E-state index contributed by atoms with van der Waals surface area (Å²) in [5, 5.41) is 1.11. The summed E-state index contributed by atoms with van der Waals surface area (Å²) in [4.78, 5) is 21.5. The Balaban J connectivity index is 2.25. The Morgan fingerprint density at radius 2 is 1.65 bits per heavy atom. The minimum atomic E-state index is -0.460. The summed E-state index contributed by atoms with van der Waals surface area (Å²) in [6, 6.07) is 9.05. The molecule has 26 heavy (non-hydrogen) atoms. The number of nitrogens with two attached hydrogens (primary N) is 1. The van der Waals surface area contributed by atoms with E-state index in [2.05, 4.69) is 9.97 Å². The van der Waals surface area contributed by atoms with Gasteiger partial charge in [-0.25, -0.2) is 10.9 Å². The molecule has 1 heterocycles. The molecule has 0 aliphatic rings. The monoisotopic (exact) mass is 376 g/mol. The second kappa shape index (κ2) is 8.86. The molecular formula is C18H24N4O3S. The number of anilines is 1. The van der Waals surface area contributed by atoms with Crippen molar-refractivity contribution in [3.8, 4) is 11.8 Å². The van der Waals surface area contributed by atoms with E-state index in [1.54, 1.807) is 6.07 Å². The number of carbonyl (C=O) groups excluding carboxylic acids is 1. The number of hydrogen-bond donors (Lipinski definition) is 1. The van der Waals surface area contributed by atoms with Gasteiger partial charge in [-0.15, -0.1) is 0 Å². The summed E-state index contributed by atoms with van der Waals surface area (Å²) >= 11 is 1.24. The number of nitrogens with zero attached hydrogens (tertiary/aromatic N) is 3. The van der Waals surface area contributed by atoms with Gasteiger partial charge in [-0.3, -0.25) is 4.79 Å². The van der Waals surface area contributed by atoms with Gasteiger partial charge < -0.3 is 9.47 Å². The lowest BCUT2D eigenvalue weighted by atomic mass is 10.1. The molecule has 1 unspecified atom stereocenters. The third kappa shape index (κ3) is 4.86. The number of methoxy groups -OCH3 is 2. The first-order valence-electron chi connectivity index (χ1n) is 8.14. The lowest BCUT2D eigenvalue weighted by molar-refractivity contribution is -0.118. The summed E-state index contributed by atoms with van der Waals surface area (Å²) in [6.07, 6.45) is 0. The lowest BCUT2D eigenvalue weighted by Crippen LogP contribution is -2.44. The zero-order valence-corrected chi connectivity index (χ0v) is 16.4. The Hall–Kier alpha value is -2.32. The second-order valence-corrected chi connectivity index (χ2v) is 7.17. The first kappa shape index (κ1) is 20.0. The molecule has 1 amide bonds. The zero-order chi connectivity index (χ0) is 19.3. The Bertz CT molecular complexity index is 730. The van der Waals surface area contributed by atoms with Crippen molar-refractivity contribution in [3.63, 3.8) is 0 Å². The quantitative estimate of drug-likeness (QED) is 0.261. The van der Waals surface area contributed by atoms with Crippen molar-refractivity contribution in [2.45, 2.75) is 31.2 Å². The molecule has 1 atom stereocenters. The molecule has 0 fully saturated rings. The smallest absolute Gasteiger partial charge is 0.255 e. The van der Waals surface area contributed by atoms with Crippen LogP contribution in [0.25, 0.3) is 0 Å². The molecule has 1 aromatic heterocycles. The van der Waals surface area contributed by atoms with E-state index in [-0.39, 0.29) is 11.8 Å². The average molecular weight is 376 g/mol. The molecule has 140 valence electrons. The standard InChI is InChI=1S/C18H24N4O3S/c1-11(2)16(17(23)22(19)13-8-6-12(3)7-9-13)26-18-20-14(24-4)10-15(21-18)25-5/h6-11,16H,19H2,1-5H3. The minimum Gasteiger partial charge on any atom is -0.481 e. The van der Waals surface area contributed by atoms with Gasteiger partial charge in [0.15, 0.2) is 5.16 Å². The molecule has 0 radical (unpaired) electrons. The summed E-state index contributed by atoms with van der Waals surface area (Å²) < 4.78 is 10.3. The lowest BCUT2D eigenvalue weighted by Gasteiger charge is -2.25. The van der Waals surface area contributed by atoms with Crippen LogP contribution in [0, 0.1) is 12.8 Å². The second-order valence-electron chi connectivity index (χ2n) is 6.06. The molecule has 0 spiro atoms. The van der Waals surface area contributed by atoms with Crippen LogP contribution in [-0.2, 0) is 4.79 Å². The predicted octanol–water partition coefficient (Wildman–Crippen LogP) is 2.83. The largest absolute Gasteiger partial charge is 0.481 e. The van der Waals surface area contributed by atoms with Crippen molar-refractivity contribution >= 4 is 23.4 Å². The first-order chi connectivity index (χ1) is 12.3. The van der Waals surface area contributed by atoms with Crippen LogP contribution in [0.2, 0.25) is 0 Å². The number of benzene rings is 1. The van der Waals surface area contributed by atoms with Gasteiger partial charge in [-0.05, 0) is 25.0 Å². The van der Waals surface area contributed by atoms with Gasteiger partial charge >= 0.3 is 0 Å². The number of hydrogen-bond acceptors (Lipinski definition) is 7. The third-order valence-electron chi connectivity index (χ3n) is 3.71. The Kier molecular flexibility index (Phi) is 6.82. The van der Waals surface area contributed by atoms with Crippen molar-refractivity contribution in [2.75, 3.05) is 19.2 Å². The van der Waals surface area contributed by atoms with Gasteiger partial charge in [0.1, 0.15) is 0 Å². The van der Waals surface area contributed by atoms with Gasteiger partial charge in [0.05, 0.1) is 31.2 Å². The van der Waals surface area contributed by atoms with Crippen LogP contribution in [0.5, 0.6) is 11.8 Å². The average Bonchev–Trinajstić information content (AvgIpc) is 2.65. The van der Waals surface area contributed by atoms with E-state index in [4.69, 9.17) is 15.3 Å². The number of ether oxygens (including phenoxy) is 2. The number of rotatable bonds is 7. The topological polar surface area (TPSA) is 90.6 Å². The van der Waals surface area contributed by atoms with E-state index >= 15 is 0 Å². The van der Waals surface area contributed by atoms with Crippen LogP contribution < -0.4 is 20.3 Å². The number of carbonyl (C=O) groups is 1. The van der Waals surface area contributed by atoms with Crippen molar-refractivity contribution in [3.05, 3.63) is 35.9 Å². The fourth-order valence-electron chi connectivity index (χ4n) is 2.20. The molecule has 8 heteroatoms. The van der Waals surface area contributed by atoms with Crippen LogP contribution in [-0.4, -0.2) is 35.3 Å². The molecule has 0 saturated carbocycles. The predicted molar refractivity (Wildman–Crippen MR) is 102 cm³/mol. The molecule has 1 aromatic carbocycles. The van der Waals surface area contributed by atoms with E-state index < -0.39 is 5.25 Å². The maximum Gasteiger partial charge on any atom is 0.255 e. The summed E-state index contributed by atoms with van der Waals surface area (Å²) in [5.74, 6) is 6.61. The van der Waals surface area contributed by atoms with Gasteiger partial charge in [0.25, 0.3) is 5.91 Å². The SMILES string of the molecule is COc1cc(OC)nc(SC(C(=O)N(N)c2ccc(C)cc2)C(C)C)n1. The Morgan fingerprint density at radius 1 is 1.12 bits per heavy atom. The van der Waals surface area contributed by atoms with Crippen LogP contribution >= 0.6 is 11.8 Å². The normalized spacial score (nSPS) is 12.0. The molecule has 2 N–H and O–H groups in total. The van der Waals surface area contributed by atoms with Crippen LogP contribution in [0.1, 0.15) is 19.4 Å². The van der Waals surface area contributed by atoms with E-state index in [9.17, 15) is 4.79 Å². The van der Waals surface area contributed by atoms with Gasteiger partial charge in [0, 0.05) is 0 Å². The van der Waals surface area contributed by atoms with Gasteiger partial charge in [-0.1, -0.05) is 43.3 Å². The number of aromatic nitrogens is 2. The van der Waals surface area contributed by atoms with Gasteiger partial charge in [-0.2, -0.15) is 9.97 Å². The number of hydrazine groups is 1. The number of amides is 1. The Morgan fingerprint density at radius 3 is 2.12 bits per heavy atom. The molecule has 0 aliphatic heterocycles. The van der Waals surface area contributed by atoms with Crippen molar-refractivity contribution in [1.29, 1.82) is 0 Å². The minimum absolute atomic E-state index is 0.0183. The highest BCUT2D eigenvalue weighted by Crippen LogP contribution is 2.30. The molecule has 0 bridgehead atoms. The van der Waals surface area contributed by atoms with Gasteiger partial charge in [0.2, 0.25) is 11.8 Å². The summed E-state index contributed by atoms with van der Waals surface area (Å²) in [5.41, 5.74) is 1.73. The van der Waals surface area contributed by atoms with Crippen molar-refractivity contribution in [1.82, 2.24) is 9.97 Å². The van der Waals surface area contributed by atoms with Crippen LogP contribution in [0.3, 0.4) is 0 Å². The summed E-state index contributed by atoms with van der Waals surface area (Å²) in [6.45, 7) is 5.89. The maximum absolute atomic E-state index is 12.9. The number of thioether (sulfide) groups is 1. The maximum atomic E-state index is 12.9. The molecular weight excluding hydrogens is 352 g/mol. The number of aryl methyl sites for hydroxylation is 1. The third-order valence-corrected chi connectivity index (χ3v) is 5.10. The molecule has 0 aliphatic carbocycles. The highest BCUT2D eigenvalue weighted by atomic mass is 32.2. The van der Waals surface area contributed by atoms with E-state index in [1.807, 2.05) is 45.0 Å². The van der Waals surface area contributed by atoms with Crippen molar-refractivity contribution < 1.29 is 14.3 Å². The molecule has 0 saturated heterocycles. The highest BCUT2D eigenvalue weighted by molar-refractivity contribution is 8.00. The van der Waals surface area contributed by atoms with Crippen LogP contribution in [0.15, 0.2) is 35.5 Å². The Labute approximate surface area is 157 Å². The highest BCUT2D eigenvalue weighted by Gasteiger charge is 2.29. The fourth-order valence-corrected chi connectivity index (χ4v) is 3.20. The molecule has 7 nitrogen and oxygen atoms in total. The van der Waals surface area contributed by atoms with E-state index in [0.29, 0.717) is 22.6 Å². The fraction of sp³-hybridized carbons (Fsp3) is 0.389. The zero-order valence-electron chi connectivity index (χ0n) is 15.6. The summed E-state index contributed by atoms with van der Waals surface area (Å²) in [7, 11) is 3.03. The van der Waals surface area contributed by atoms with Crippen molar-refractivity contribution in [2.24, 2.45) is 11.8 Å².